The lowest BCUT2D eigenvalue weighted by atomic mass is 9.93. The molecule has 1 unspecified atom stereocenters. The van der Waals surface area contributed by atoms with Crippen molar-refractivity contribution in [2.45, 2.75) is 44.7 Å². The van der Waals surface area contributed by atoms with E-state index in [1.165, 1.54) is 5.56 Å². The van der Waals surface area contributed by atoms with Gasteiger partial charge in [-0.2, -0.15) is 0 Å². The minimum Gasteiger partial charge on any atom is -0.497 e. The van der Waals surface area contributed by atoms with Crippen LogP contribution in [-0.2, 0) is 11.3 Å². The minimum atomic E-state index is -0.0185. The highest BCUT2D eigenvalue weighted by Gasteiger charge is 2.28. The molecular weight excluding hydrogens is 336 g/mol. The normalized spacial score (nSPS) is 16.1. The summed E-state index contributed by atoms with van der Waals surface area (Å²) in [5.74, 6) is 1.14. The Morgan fingerprint density at radius 3 is 2.37 bits per heavy atom. The molecule has 1 N–H and O–H groups in total. The third-order valence-corrected chi connectivity index (χ3v) is 5.47. The van der Waals surface area contributed by atoms with Gasteiger partial charge in [0.15, 0.2) is 0 Å². The van der Waals surface area contributed by atoms with Crippen molar-refractivity contribution in [1.82, 2.24) is 10.2 Å². The molecule has 3 rings (SSSR count). The summed E-state index contributed by atoms with van der Waals surface area (Å²) in [5, 5.41) is 3.63. The molecule has 1 atom stereocenters. The highest BCUT2D eigenvalue weighted by Crippen LogP contribution is 2.24. The summed E-state index contributed by atoms with van der Waals surface area (Å²) >= 11 is 0. The summed E-state index contributed by atoms with van der Waals surface area (Å²) < 4.78 is 5.20. The first kappa shape index (κ1) is 19.4. The van der Waals surface area contributed by atoms with Crippen LogP contribution in [0.2, 0.25) is 0 Å². The van der Waals surface area contributed by atoms with Crippen molar-refractivity contribution in [1.29, 1.82) is 0 Å². The van der Waals surface area contributed by atoms with Gasteiger partial charge < -0.3 is 15.0 Å². The first-order valence-corrected chi connectivity index (χ1v) is 9.91. The largest absolute Gasteiger partial charge is 0.497 e. The van der Waals surface area contributed by atoms with Crippen LogP contribution in [0.5, 0.6) is 5.75 Å². The molecule has 0 spiro atoms. The van der Waals surface area contributed by atoms with E-state index in [9.17, 15) is 4.79 Å². The van der Waals surface area contributed by atoms with Gasteiger partial charge in [0.1, 0.15) is 5.75 Å². The van der Waals surface area contributed by atoms with Crippen LogP contribution in [0.1, 0.15) is 43.2 Å². The summed E-state index contributed by atoms with van der Waals surface area (Å²) in [6.45, 7) is 4.62. The lowest BCUT2D eigenvalue weighted by Crippen LogP contribution is -2.46. The molecule has 4 nitrogen and oxygen atoms in total. The van der Waals surface area contributed by atoms with Crippen LogP contribution in [0.15, 0.2) is 54.6 Å². The van der Waals surface area contributed by atoms with Gasteiger partial charge in [-0.25, -0.2) is 0 Å². The summed E-state index contributed by atoms with van der Waals surface area (Å²) in [6, 6.07) is 18.8. The molecule has 0 aliphatic carbocycles. The quantitative estimate of drug-likeness (QED) is 0.806. The van der Waals surface area contributed by atoms with Crippen molar-refractivity contribution in [2.75, 3.05) is 20.2 Å². The number of hydrogen-bond donors (Lipinski definition) is 1. The van der Waals surface area contributed by atoms with Crippen LogP contribution in [0, 0.1) is 0 Å². The first-order valence-electron chi connectivity index (χ1n) is 9.91. The Hall–Kier alpha value is -2.33. The van der Waals surface area contributed by atoms with Gasteiger partial charge in [0.25, 0.3) is 0 Å². The predicted octanol–water partition coefficient (Wildman–Crippen LogP) is 3.97. The number of amides is 1. The number of rotatable bonds is 7. The third kappa shape index (κ3) is 5.10. The zero-order valence-corrected chi connectivity index (χ0v) is 16.4. The molecule has 0 saturated carbocycles. The fourth-order valence-electron chi connectivity index (χ4n) is 3.77. The van der Waals surface area contributed by atoms with Crippen LogP contribution in [-0.4, -0.2) is 37.0 Å². The van der Waals surface area contributed by atoms with Gasteiger partial charge in [-0.1, -0.05) is 49.4 Å². The highest BCUT2D eigenvalue weighted by atomic mass is 16.5. The fourth-order valence-corrected chi connectivity index (χ4v) is 3.77. The minimum absolute atomic E-state index is 0.0185. The predicted molar refractivity (Wildman–Crippen MR) is 109 cm³/mol. The maximum absolute atomic E-state index is 13.0. The summed E-state index contributed by atoms with van der Waals surface area (Å²) in [4.78, 5) is 15.0. The monoisotopic (exact) mass is 366 g/mol. The number of methoxy groups -OCH3 is 1. The van der Waals surface area contributed by atoms with E-state index in [1.54, 1.807) is 7.11 Å². The second-order valence-corrected chi connectivity index (χ2v) is 7.20. The number of carbonyl (C=O) groups excluding carboxylic acids is 1. The van der Waals surface area contributed by atoms with E-state index in [0.717, 1.165) is 50.2 Å². The number of ether oxygens (including phenoxy) is 1. The van der Waals surface area contributed by atoms with Crippen LogP contribution in [0.25, 0.3) is 0 Å². The van der Waals surface area contributed by atoms with Gasteiger partial charge in [0.05, 0.1) is 13.0 Å². The number of piperidine rings is 1. The van der Waals surface area contributed by atoms with Crippen molar-refractivity contribution in [2.24, 2.45) is 0 Å². The standard InChI is InChI=1S/C23H30N2O2/c1-3-22(19-7-5-4-6-8-19)23(26)25-15-13-20(14-16-25)24-17-18-9-11-21(27-2)12-10-18/h4-12,20,22,24H,3,13-17H2,1-2H3. The Balaban J connectivity index is 1.48. The summed E-state index contributed by atoms with van der Waals surface area (Å²) in [5.41, 5.74) is 2.38. The van der Waals surface area contributed by atoms with Gasteiger partial charge in [-0.05, 0) is 42.5 Å². The van der Waals surface area contributed by atoms with E-state index in [1.807, 2.05) is 35.2 Å². The van der Waals surface area contributed by atoms with Gasteiger partial charge in [0.2, 0.25) is 5.91 Å². The molecular formula is C23H30N2O2. The fraction of sp³-hybridized carbons (Fsp3) is 0.435. The molecule has 0 bridgehead atoms. The maximum atomic E-state index is 13.0. The molecule has 27 heavy (non-hydrogen) atoms. The summed E-state index contributed by atoms with van der Waals surface area (Å²) in [6.07, 6.45) is 2.86. The van der Waals surface area contributed by atoms with E-state index in [2.05, 4.69) is 36.5 Å². The number of nitrogens with zero attached hydrogens (tertiary/aromatic N) is 1. The van der Waals surface area contributed by atoms with Crippen molar-refractivity contribution in [3.8, 4) is 5.75 Å². The number of carbonyl (C=O) groups is 1. The van der Waals surface area contributed by atoms with Crippen molar-refractivity contribution < 1.29 is 9.53 Å². The van der Waals surface area contributed by atoms with E-state index in [0.29, 0.717) is 6.04 Å². The van der Waals surface area contributed by atoms with Gasteiger partial charge in [-0.15, -0.1) is 0 Å². The number of benzene rings is 2. The molecule has 1 aliphatic heterocycles. The Bertz CT molecular complexity index is 707. The molecule has 0 radical (unpaired) electrons. The van der Waals surface area contributed by atoms with Crippen LogP contribution in [0.4, 0.5) is 0 Å². The average molecular weight is 367 g/mol. The van der Waals surface area contributed by atoms with Crippen LogP contribution < -0.4 is 10.1 Å². The maximum Gasteiger partial charge on any atom is 0.230 e. The molecule has 2 aromatic carbocycles. The second-order valence-electron chi connectivity index (χ2n) is 7.20. The molecule has 1 amide bonds. The number of hydrogen-bond acceptors (Lipinski definition) is 3. The van der Waals surface area contributed by atoms with Gasteiger partial charge >= 0.3 is 0 Å². The van der Waals surface area contributed by atoms with E-state index < -0.39 is 0 Å². The topological polar surface area (TPSA) is 41.6 Å². The number of nitrogens with one attached hydrogen (secondary N) is 1. The molecule has 0 aromatic heterocycles. The molecule has 1 aliphatic rings. The molecule has 1 fully saturated rings. The zero-order valence-electron chi connectivity index (χ0n) is 16.4. The van der Waals surface area contributed by atoms with Crippen molar-refractivity contribution in [3.05, 3.63) is 65.7 Å². The summed E-state index contributed by atoms with van der Waals surface area (Å²) in [7, 11) is 1.68. The number of likely N-dealkylation sites (tertiary alicyclic amines) is 1. The molecule has 4 heteroatoms. The molecule has 144 valence electrons. The van der Waals surface area contributed by atoms with Crippen LogP contribution >= 0.6 is 0 Å². The Morgan fingerprint density at radius 2 is 1.78 bits per heavy atom. The van der Waals surface area contributed by atoms with Gasteiger partial charge in [-0.3, -0.25) is 4.79 Å². The zero-order chi connectivity index (χ0) is 19.1. The van der Waals surface area contributed by atoms with Crippen molar-refractivity contribution >= 4 is 5.91 Å². The molecule has 1 heterocycles. The van der Waals surface area contributed by atoms with E-state index in [-0.39, 0.29) is 11.8 Å². The van der Waals surface area contributed by atoms with Crippen LogP contribution in [0.3, 0.4) is 0 Å². The van der Waals surface area contributed by atoms with Gasteiger partial charge in [0, 0.05) is 25.7 Å². The van der Waals surface area contributed by atoms with E-state index >= 15 is 0 Å². The highest BCUT2D eigenvalue weighted by molar-refractivity contribution is 5.83. The SMILES string of the molecule is CCC(C(=O)N1CCC(NCc2ccc(OC)cc2)CC1)c1ccccc1. The lowest BCUT2D eigenvalue weighted by Gasteiger charge is -2.34. The lowest BCUT2D eigenvalue weighted by molar-refractivity contribution is -0.134. The smallest absolute Gasteiger partial charge is 0.230 e. The van der Waals surface area contributed by atoms with Crippen molar-refractivity contribution in [3.63, 3.8) is 0 Å². The Kier molecular flexibility index (Phi) is 6.88. The van der Waals surface area contributed by atoms with E-state index in [4.69, 9.17) is 4.74 Å². The molecule has 2 aromatic rings. The average Bonchev–Trinajstić information content (AvgIpc) is 2.74. The Morgan fingerprint density at radius 1 is 1.11 bits per heavy atom. The Labute approximate surface area is 162 Å². The molecule has 1 saturated heterocycles. The third-order valence-electron chi connectivity index (χ3n) is 5.47. The first-order chi connectivity index (χ1) is 13.2. The second kappa shape index (κ2) is 9.56.